The van der Waals surface area contributed by atoms with Crippen molar-refractivity contribution < 1.29 is 39.7 Å². The zero-order valence-electron chi connectivity index (χ0n) is 16.2. The zero-order chi connectivity index (χ0) is 23.6. The van der Waals surface area contributed by atoms with Crippen molar-refractivity contribution in [1.29, 1.82) is 0 Å². The third kappa shape index (κ3) is 5.14. The van der Waals surface area contributed by atoms with Crippen LogP contribution in [0.5, 0.6) is 0 Å². The van der Waals surface area contributed by atoms with Gasteiger partial charge in [0.1, 0.15) is 6.10 Å². The smallest absolute Gasteiger partial charge is 0.349 e. The number of hydrogen-bond acceptors (Lipinski definition) is 3. The van der Waals surface area contributed by atoms with E-state index in [1.807, 2.05) is 18.2 Å². The van der Waals surface area contributed by atoms with Crippen molar-refractivity contribution in [3.63, 3.8) is 0 Å². The van der Waals surface area contributed by atoms with Crippen molar-refractivity contribution in [2.45, 2.75) is 23.6 Å². The summed E-state index contributed by atoms with van der Waals surface area (Å²) >= 11 is 0. The molecule has 0 aliphatic carbocycles. The van der Waals surface area contributed by atoms with Crippen LogP contribution in [0.3, 0.4) is 0 Å². The van der Waals surface area contributed by atoms with Gasteiger partial charge in [-0.1, -0.05) is 84.9 Å². The zero-order valence-corrected chi connectivity index (χ0v) is 17.0. The molecule has 0 aliphatic rings. The fourth-order valence-corrected chi connectivity index (χ4v) is 3.54. The van der Waals surface area contributed by atoms with E-state index >= 15 is 0 Å². The molecule has 0 heterocycles. The Morgan fingerprint density at radius 3 is 1.59 bits per heavy atom. The standard InChI is InChI=1S/C22H17F5O4S/c23-21(24,25)20(22(26,27)32(28,29)30)31-19(17-9-5-2-6-10-17)18-13-11-16(12-14-18)15-7-3-1-4-8-15/h1-14,19-20H,(H,28,29,30). The average molecular weight is 472 g/mol. The Morgan fingerprint density at radius 2 is 1.12 bits per heavy atom. The summed E-state index contributed by atoms with van der Waals surface area (Å²) < 4.78 is 104. The Morgan fingerprint density at radius 1 is 0.688 bits per heavy atom. The molecule has 170 valence electrons. The third-order valence-corrected chi connectivity index (χ3v) is 5.54. The molecule has 1 N–H and O–H groups in total. The SMILES string of the molecule is O=S(=O)(O)C(F)(F)C(OC(c1ccccc1)c1ccc(-c2ccccc2)cc1)C(F)(F)F. The molecule has 0 aromatic heterocycles. The molecule has 0 aliphatic heterocycles. The van der Waals surface area contributed by atoms with Gasteiger partial charge in [0.15, 0.2) is 0 Å². The molecular weight excluding hydrogens is 455 g/mol. The lowest BCUT2D eigenvalue weighted by atomic mass is 9.98. The van der Waals surface area contributed by atoms with Crippen LogP contribution in [0.1, 0.15) is 17.2 Å². The molecule has 4 nitrogen and oxygen atoms in total. The number of hydrogen-bond donors (Lipinski definition) is 1. The Hall–Kier alpha value is -2.82. The summed E-state index contributed by atoms with van der Waals surface area (Å²) in [5, 5.41) is -5.62. The van der Waals surface area contributed by atoms with Crippen molar-refractivity contribution in [2.75, 3.05) is 0 Å². The Labute approximate surface area is 181 Å². The normalized spacial score (nSPS) is 14.7. The molecule has 0 spiro atoms. The van der Waals surface area contributed by atoms with Gasteiger partial charge in [0.25, 0.3) is 0 Å². The van der Waals surface area contributed by atoms with E-state index in [-0.39, 0.29) is 11.1 Å². The molecule has 3 aromatic carbocycles. The summed E-state index contributed by atoms with van der Waals surface area (Å²) in [5.74, 6) is 0. The van der Waals surface area contributed by atoms with E-state index in [4.69, 9.17) is 9.29 Å². The second-order valence-electron chi connectivity index (χ2n) is 6.87. The van der Waals surface area contributed by atoms with Crippen LogP contribution in [-0.2, 0) is 14.9 Å². The molecule has 10 heteroatoms. The molecule has 0 saturated heterocycles. The van der Waals surface area contributed by atoms with Crippen LogP contribution in [0.15, 0.2) is 84.9 Å². The van der Waals surface area contributed by atoms with Gasteiger partial charge in [0.05, 0.1) is 0 Å². The Bertz CT molecular complexity index is 1130. The predicted molar refractivity (Wildman–Crippen MR) is 108 cm³/mol. The minimum absolute atomic E-state index is 0.0799. The van der Waals surface area contributed by atoms with Crippen LogP contribution >= 0.6 is 0 Å². The van der Waals surface area contributed by atoms with Gasteiger partial charge in [-0.05, 0) is 22.3 Å². The first kappa shape index (κ1) is 23.8. The van der Waals surface area contributed by atoms with E-state index in [0.717, 1.165) is 11.1 Å². The summed E-state index contributed by atoms with van der Waals surface area (Å²) in [6.07, 6.45) is -11.6. The maximum Gasteiger partial charge on any atom is 0.421 e. The minimum atomic E-state index is -6.42. The molecule has 2 atom stereocenters. The first-order valence-electron chi connectivity index (χ1n) is 9.18. The van der Waals surface area contributed by atoms with E-state index in [1.54, 1.807) is 30.3 Å². The van der Waals surface area contributed by atoms with Crippen molar-refractivity contribution in [3.05, 3.63) is 96.1 Å². The highest BCUT2D eigenvalue weighted by Gasteiger charge is 2.65. The van der Waals surface area contributed by atoms with Gasteiger partial charge < -0.3 is 4.74 Å². The third-order valence-electron chi connectivity index (χ3n) is 4.64. The van der Waals surface area contributed by atoms with Crippen molar-refractivity contribution in [2.24, 2.45) is 0 Å². The minimum Gasteiger partial charge on any atom is -0.349 e. The molecule has 3 aromatic rings. The topological polar surface area (TPSA) is 63.6 Å². The summed E-state index contributed by atoms with van der Waals surface area (Å²) in [5.41, 5.74) is 1.70. The largest absolute Gasteiger partial charge is 0.421 e. The predicted octanol–water partition coefficient (Wildman–Crippen LogP) is 5.87. The first-order valence-corrected chi connectivity index (χ1v) is 10.6. The van der Waals surface area contributed by atoms with Gasteiger partial charge in [-0.25, -0.2) is 0 Å². The molecule has 32 heavy (non-hydrogen) atoms. The molecule has 0 bridgehead atoms. The molecule has 0 fully saturated rings. The number of halogens is 5. The van der Waals surface area contributed by atoms with Crippen LogP contribution in [-0.4, -0.2) is 30.5 Å². The van der Waals surface area contributed by atoms with Crippen LogP contribution in [0.2, 0.25) is 0 Å². The van der Waals surface area contributed by atoms with Gasteiger partial charge in [0, 0.05) is 0 Å². The second-order valence-corrected chi connectivity index (χ2v) is 8.37. The molecule has 0 saturated carbocycles. The fourth-order valence-electron chi connectivity index (χ4n) is 3.08. The van der Waals surface area contributed by atoms with Crippen LogP contribution in [0.25, 0.3) is 11.1 Å². The highest BCUT2D eigenvalue weighted by Crippen LogP contribution is 2.42. The number of benzene rings is 3. The lowest BCUT2D eigenvalue weighted by Gasteiger charge is -2.30. The molecule has 2 unspecified atom stereocenters. The first-order chi connectivity index (χ1) is 14.9. The van der Waals surface area contributed by atoms with Crippen LogP contribution in [0.4, 0.5) is 22.0 Å². The molecular formula is C22H17F5O4S. The summed E-state index contributed by atoms with van der Waals surface area (Å²) in [6, 6.07) is 22.2. The number of rotatable bonds is 7. The van der Waals surface area contributed by atoms with Gasteiger partial charge in [-0.3, -0.25) is 4.55 Å². The summed E-state index contributed by atoms with van der Waals surface area (Å²) in [6.45, 7) is 0. The van der Waals surface area contributed by atoms with E-state index in [2.05, 4.69) is 0 Å². The summed E-state index contributed by atoms with van der Waals surface area (Å²) in [7, 11) is -6.42. The van der Waals surface area contributed by atoms with E-state index in [0.29, 0.717) is 0 Å². The monoisotopic (exact) mass is 472 g/mol. The average Bonchev–Trinajstić information content (AvgIpc) is 2.74. The summed E-state index contributed by atoms with van der Waals surface area (Å²) in [4.78, 5) is 0. The quantitative estimate of drug-likeness (QED) is 0.345. The lowest BCUT2D eigenvalue weighted by molar-refractivity contribution is -0.273. The molecule has 0 amide bonds. The number of alkyl halides is 5. The van der Waals surface area contributed by atoms with Crippen molar-refractivity contribution >= 4 is 10.1 Å². The Balaban J connectivity index is 2.05. The van der Waals surface area contributed by atoms with E-state index in [9.17, 15) is 30.4 Å². The highest BCUT2D eigenvalue weighted by molar-refractivity contribution is 7.86. The molecule has 3 rings (SSSR count). The fraction of sp³-hybridized carbons (Fsp3) is 0.182. The maximum atomic E-state index is 14.1. The van der Waals surface area contributed by atoms with E-state index in [1.165, 1.54) is 36.4 Å². The second kappa shape index (κ2) is 8.97. The maximum absolute atomic E-state index is 14.1. The van der Waals surface area contributed by atoms with Crippen molar-refractivity contribution in [1.82, 2.24) is 0 Å². The van der Waals surface area contributed by atoms with Crippen molar-refractivity contribution in [3.8, 4) is 11.1 Å². The van der Waals surface area contributed by atoms with Gasteiger partial charge in [-0.2, -0.15) is 30.4 Å². The van der Waals surface area contributed by atoms with Crippen LogP contribution in [0, 0.1) is 0 Å². The molecule has 0 radical (unpaired) electrons. The lowest BCUT2D eigenvalue weighted by Crippen LogP contribution is -2.51. The van der Waals surface area contributed by atoms with E-state index < -0.39 is 33.8 Å². The number of ether oxygens (including phenoxy) is 1. The van der Waals surface area contributed by atoms with Gasteiger partial charge in [-0.15, -0.1) is 0 Å². The van der Waals surface area contributed by atoms with Crippen LogP contribution < -0.4 is 0 Å². The van der Waals surface area contributed by atoms with Gasteiger partial charge >= 0.3 is 21.5 Å². The highest BCUT2D eigenvalue weighted by atomic mass is 32.2. The van der Waals surface area contributed by atoms with Gasteiger partial charge in [0.2, 0.25) is 6.10 Å². The Kier molecular flexibility index (Phi) is 6.68.